The number of phenols is 5. The maximum Gasteiger partial charge on any atom is 0.135 e. The van der Waals surface area contributed by atoms with Crippen LogP contribution < -0.4 is 4.74 Å². The van der Waals surface area contributed by atoms with Crippen LogP contribution in [0, 0.1) is 0 Å². The van der Waals surface area contributed by atoms with Gasteiger partial charge in [0.1, 0.15) is 40.6 Å². The topological polar surface area (TPSA) is 110 Å². The number of hydrogen-bond acceptors (Lipinski definition) is 6. The van der Waals surface area contributed by atoms with Crippen molar-refractivity contribution in [2.45, 2.75) is 12.0 Å². The van der Waals surface area contributed by atoms with Crippen LogP contribution in [0.15, 0.2) is 78.9 Å². The largest absolute Gasteiger partial charge is 0.508 e. The first-order chi connectivity index (χ1) is 16.4. The lowest BCUT2D eigenvalue weighted by Gasteiger charge is -2.21. The zero-order chi connectivity index (χ0) is 23.6. The third-order valence-electron chi connectivity index (χ3n) is 6.46. The van der Waals surface area contributed by atoms with Gasteiger partial charge in [-0.25, -0.2) is 0 Å². The maximum absolute atomic E-state index is 11.0. The number of benzene rings is 5. The normalized spacial score (nSPS) is 17.1. The summed E-state index contributed by atoms with van der Waals surface area (Å²) < 4.78 is 6.35. The third-order valence-corrected chi connectivity index (χ3v) is 6.46. The summed E-state index contributed by atoms with van der Waals surface area (Å²) in [6.45, 7) is 0. The molecule has 2 atom stereocenters. The molecule has 1 aliphatic rings. The van der Waals surface area contributed by atoms with Crippen LogP contribution in [0.1, 0.15) is 28.7 Å². The number of rotatable bonds is 2. The molecule has 0 fully saturated rings. The van der Waals surface area contributed by atoms with Gasteiger partial charge >= 0.3 is 0 Å². The summed E-state index contributed by atoms with van der Waals surface area (Å²) in [5, 5.41) is 54.2. The fourth-order valence-electron chi connectivity index (χ4n) is 5.05. The summed E-state index contributed by atoms with van der Waals surface area (Å²) in [6, 6.07) is 21.5. The zero-order valence-electron chi connectivity index (χ0n) is 17.8. The molecule has 6 nitrogen and oxygen atoms in total. The molecule has 168 valence electrons. The Morgan fingerprint density at radius 1 is 0.559 bits per heavy atom. The van der Waals surface area contributed by atoms with Gasteiger partial charge < -0.3 is 30.3 Å². The molecule has 0 saturated heterocycles. The molecule has 1 aliphatic heterocycles. The summed E-state index contributed by atoms with van der Waals surface area (Å²) in [6.07, 6.45) is -0.540. The molecule has 0 bridgehead atoms. The van der Waals surface area contributed by atoms with Gasteiger partial charge in [-0.1, -0.05) is 30.3 Å². The predicted octanol–water partition coefficient (Wildman–Crippen LogP) is 5.79. The van der Waals surface area contributed by atoms with E-state index in [2.05, 4.69) is 0 Å². The molecule has 0 amide bonds. The molecular weight excluding hydrogens is 432 g/mol. The van der Waals surface area contributed by atoms with E-state index >= 15 is 0 Å². The van der Waals surface area contributed by atoms with Crippen molar-refractivity contribution in [3.63, 3.8) is 0 Å². The van der Waals surface area contributed by atoms with Crippen molar-refractivity contribution in [2.24, 2.45) is 0 Å². The van der Waals surface area contributed by atoms with Crippen LogP contribution in [0.25, 0.3) is 21.5 Å². The van der Waals surface area contributed by atoms with Crippen molar-refractivity contribution in [1.29, 1.82) is 0 Å². The Balaban J connectivity index is 1.67. The van der Waals surface area contributed by atoms with E-state index in [1.807, 2.05) is 12.1 Å². The van der Waals surface area contributed by atoms with Crippen LogP contribution in [0.5, 0.6) is 34.5 Å². The highest BCUT2D eigenvalue weighted by atomic mass is 16.5. The molecule has 0 spiro atoms. The number of hydrogen-bond donors (Lipinski definition) is 5. The molecule has 0 unspecified atom stereocenters. The van der Waals surface area contributed by atoms with E-state index in [1.54, 1.807) is 60.7 Å². The first-order valence-electron chi connectivity index (χ1n) is 10.8. The smallest absolute Gasteiger partial charge is 0.135 e. The molecule has 0 saturated carbocycles. The minimum Gasteiger partial charge on any atom is -0.508 e. The van der Waals surface area contributed by atoms with Crippen molar-refractivity contribution in [1.82, 2.24) is 0 Å². The molecule has 0 aliphatic carbocycles. The van der Waals surface area contributed by atoms with Crippen LogP contribution in [-0.4, -0.2) is 25.5 Å². The van der Waals surface area contributed by atoms with Crippen molar-refractivity contribution in [3.8, 4) is 34.5 Å². The Hall–Kier alpha value is -4.58. The summed E-state index contributed by atoms with van der Waals surface area (Å²) in [5.41, 5.74) is 2.21. The van der Waals surface area contributed by atoms with E-state index in [0.717, 1.165) is 21.9 Å². The Bertz CT molecular complexity index is 1570. The van der Waals surface area contributed by atoms with Gasteiger partial charge in [0, 0.05) is 23.1 Å². The summed E-state index contributed by atoms with van der Waals surface area (Å²) in [4.78, 5) is 0. The van der Waals surface area contributed by atoms with E-state index in [0.29, 0.717) is 22.1 Å². The van der Waals surface area contributed by atoms with Crippen LogP contribution in [-0.2, 0) is 0 Å². The van der Waals surface area contributed by atoms with Gasteiger partial charge in [0.2, 0.25) is 0 Å². The molecule has 34 heavy (non-hydrogen) atoms. The van der Waals surface area contributed by atoms with Gasteiger partial charge in [0.25, 0.3) is 0 Å². The minimum atomic E-state index is -0.540. The van der Waals surface area contributed by atoms with Gasteiger partial charge in [-0.15, -0.1) is 0 Å². The fraction of sp³-hybridized carbons (Fsp3) is 0.0714. The highest BCUT2D eigenvalue weighted by Gasteiger charge is 2.39. The molecule has 6 rings (SSSR count). The zero-order valence-corrected chi connectivity index (χ0v) is 17.8. The van der Waals surface area contributed by atoms with E-state index in [1.165, 1.54) is 6.07 Å². The Labute approximate surface area is 194 Å². The van der Waals surface area contributed by atoms with Crippen LogP contribution in [0.2, 0.25) is 0 Å². The Morgan fingerprint density at radius 3 is 1.97 bits per heavy atom. The van der Waals surface area contributed by atoms with E-state index in [9.17, 15) is 25.5 Å². The van der Waals surface area contributed by atoms with Crippen LogP contribution >= 0.6 is 0 Å². The van der Waals surface area contributed by atoms with Gasteiger partial charge in [0.15, 0.2) is 0 Å². The first-order valence-corrected chi connectivity index (χ1v) is 10.8. The maximum atomic E-state index is 11.0. The minimum absolute atomic E-state index is 0.0220. The number of ether oxygens (including phenoxy) is 1. The lowest BCUT2D eigenvalue weighted by molar-refractivity contribution is 0.221. The summed E-state index contributed by atoms with van der Waals surface area (Å²) in [5.74, 6) is 0.130. The summed E-state index contributed by atoms with van der Waals surface area (Å²) in [7, 11) is 0. The number of fused-ring (bicyclic) bond motifs is 5. The molecule has 6 heteroatoms. The predicted molar refractivity (Wildman–Crippen MR) is 128 cm³/mol. The lowest BCUT2D eigenvalue weighted by atomic mass is 9.82. The van der Waals surface area contributed by atoms with E-state index in [-0.39, 0.29) is 28.7 Å². The van der Waals surface area contributed by atoms with Crippen LogP contribution in [0.4, 0.5) is 0 Å². The molecule has 5 aromatic rings. The van der Waals surface area contributed by atoms with Gasteiger partial charge in [-0.05, 0) is 63.7 Å². The van der Waals surface area contributed by atoms with Gasteiger partial charge in [0.05, 0.1) is 5.92 Å². The molecule has 0 radical (unpaired) electrons. The molecule has 0 aromatic heterocycles. The average Bonchev–Trinajstić information content (AvgIpc) is 3.17. The second-order valence-electron chi connectivity index (χ2n) is 8.59. The monoisotopic (exact) mass is 452 g/mol. The number of phenolic OH excluding ortho intramolecular Hbond substituents is 5. The molecule has 5 aromatic carbocycles. The highest BCUT2D eigenvalue weighted by Crippen LogP contribution is 2.55. The Morgan fingerprint density at radius 2 is 1.24 bits per heavy atom. The fourth-order valence-corrected chi connectivity index (χ4v) is 5.05. The first kappa shape index (κ1) is 20.1. The lowest BCUT2D eigenvalue weighted by Crippen LogP contribution is -2.11. The van der Waals surface area contributed by atoms with Crippen molar-refractivity contribution in [3.05, 3.63) is 95.6 Å². The third kappa shape index (κ3) is 3.03. The standard InChI is InChI=1S/C28H20O6/c29-17-5-2-15(3-6-17)28-25(16-9-19(31)11-20(32)10-16)27-21-8-4-14-1-7-18(30)12-22(14)26(21)23(33)13-24(27)34-28/h1-13,25,28-33H/t25-,28+/m0/s1. The van der Waals surface area contributed by atoms with Crippen molar-refractivity contribution in [2.75, 3.05) is 0 Å². The highest BCUT2D eigenvalue weighted by molar-refractivity contribution is 6.13. The van der Waals surface area contributed by atoms with Gasteiger partial charge in [-0.2, -0.15) is 0 Å². The molecule has 1 heterocycles. The van der Waals surface area contributed by atoms with Crippen molar-refractivity contribution >= 4 is 21.5 Å². The average molecular weight is 452 g/mol. The Kier molecular flexibility index (Phi) is 4.26. The van der Waals surface area contributed by atoms with E-state index < -0.39 is 12.0 Å². The van der Waals surface area contributed by atoms with Gasteiger partial charge in [-0.3, -0.25) is 0 Å². The van der Waals surface area contributed by atoms with Crippen molar-refractivity contribution < 1.29 is 30.3 Å². The SMILES string of the molecule is Oc1ccc([C@H]2Oc3cc(O)c4c(ccc5ccc(O)cc54)c3[C@@H]2c2cc(O)cc(O)c2)cc1. The second-order valence-corrected chi connectivity index (χ2v) is 8.59. The molecule has 5 N–H and O–H groups in total. The van der Waals surface area contributed by atoms with Crippen LogP contribution in [0.3, 0.4) is 0 Å². The second kappa shape index (κ2) is 7.22. The number of aromatic hydroxyl groups is 5. The molecular formula is C28H20O6. The quantitative estimate of drug-likeness (QED) is 0.217. The summed E-state index contributed by atoms with van der Waals surface area (Å²) >= 11 is 0. The van der Waals surface area contributed by atoms with E-state index in [4.69, 9.17) is 4.74 Å².